The van der Waals surface area contributed by atoms with E-state index >= 15 is 0 Å². The largest absolute Gasteiger partial charge is 0.338 e. The van der Waals surface area contributed by atoms with Crippen molar-refractivity contribution in [1.29, 1.82) is 0 Å². The molecule has 27 heavy (non-hydrogen) atoms. The van der Waals surface area contributed by atoms with Crippen LogP contribution in [0.25, 0.3) is 0 Å². The molecule has 0 radical (unpaired) electrons. The Hall–Kier alpha value is -1.92. The lowest BCUT2D eigenvalue weighted by molar-refractivity contribution is -0.143. The van der Waals surface area contributed by atoms with Crippen LogP contribution in [0, 0.1) is 0 Å². The smallest absolute Gasteiger partial charge is 0.245 e. The molecule has 6 nitrogen and oxygen atoms in total. The Morgan fingerprint density at radius 1 is 1.11 bits per heavy atom. The maximum absolute atomic E-state index is 13.1. The molecule has 2 heterocycles. The van der Waals surface area contributed by atoms with Gasteiger partial charge >= 0.3 is 0 Å². The van der Waals surface area contributed by atoms with E-state index in [0.717, 1.165) is 39.1 Å². The van der Waals surface area contributed by atoms with E-state index in [1.54, 1.807) is 6.92 Å². The van der Waals surface area contributed by atoms with E-state index in [1.165, 1.54) is 18.4 Å². The van der Waals surface area contributed by atoms with E-state index in [-0.39, 0.29) is 23.9 Å². The second-order valence-corrected chi connectivity index (χ2v) is 8.04. The quantitative estimate of drug-likeness (QED) is 0.843. The van der Waals surface area contributed by atoms with Crippen LogP contribution in [-0.4, -0.2) is 77.4 Å². The fraction of sp³-hybridized carbons (Fsp3) is 0.619. The number of likely N-dealkylation sites (tertiary alicyclic amines) is 1. The van der Waals surface area contributed by atoms with Crippen molar-refractivity contribution in [2.24, 2.45) is 0 Å². The first kappa shape index (κ1) is 18.4. The van der Waals surface area contributed by atoms with E-state index < -0.39 is 0 Å². The normalized spacial score (nSPS) is 25.9. The number of hydrogen-bond donors (Lipinski definition) is 1. The molecular weight excluding hydrogens is 340 g/mol. The Bertz CT molecular complexity index is 670. The summed E-state index contributed by atoms with van der Waals surface area (Å²) in [4.78, 5) is 31.7. The molecule has 1 saturated carbocycles. The van der Waals surface area contributed by atoms with Gasteiger partial charge in [0.2, 0.25) is 11.8 Å². The van der Waals surface area contributed by atoms with E-state index in [0.29, 0.717) is 12.6 Å². The zero-order valence-corrected chi connectivity index (χ0v) is 16.1. The van der Waals surface area contributed by atoms with Crippen LogP contribution >= 0.6 is 0 Å². The predicted molar refractivity (Wildman–Crippen MR) is 104 cm³/mol. The Kier molecular flexibility index (Phi) is 5.45. The van der Waals surface area contributed by atoms with E-state index in [1.807, 2.05) is 15.9 Å². The molecular formula is C21H30N4O2. The van der Waals surface area contributed by atoms with Crippen LogP contribution in [0.5, 0.6) is 0 Å². The molecule has 2 aliphatic heterocycles. The van der Waals surface area contributed by atoms with Gasteiger partial charge in [-0.2, -0.15) is 0 Å². The van der Waals surface area contributed by atoms with Crippen molar-refractivity contribution in [3.05, 3.63) is 35.9 Å². The number of carbonyl (C=O) groups is 2. The first-order chi connectivity index (χ1) is 13.1. The maximum atomic E-state index is 13.1. The average Bonchev–Trinajstić information content (AvgIpc) is 3.44. The van der Waals surface area contributed by atoms with Gasteiger partial charge < -0.3 is 15.1 Å². The summed E-state index contributed by atoms with van der Waals surface area (Å²) in [6, 6.07) is 11.1. The SMILES string of the molecule is CC(=O)N1CC(N(Cc2ccccc2)C2CC2)CC1C(=O)N1CCNCC1. The number of rotatable bonds is 5. The Morgan fingerprint density at radius 2 is 1.81 bits per heavy atom. The minimum atomic E-state index is -0.303. The van der Waals surface area contributed by atoms with Gasteiger partial charge in [0.05, 0.1) is 0 Å². The molecule has 3 fully saturated rings. The Morgan fingerprint density at radius 3 is 2.44 bits per heavy atom. The van der Waals surface area contributed by atoms with Crippen LogP contribution in [0.2, 0.25) is 0 Å². The van der Waals surface area contributed by atoms with Gasteiger partial charge in [-0.25, -0.2) is 0 Å². The van der Waals surface area contributed by atoms with E-state index in [9.17, 15) is 9.59 Å². The molecule has 1 N–H and O–H groups in total. The van der Waals surface area contributed by atoms with Gasteiger partial charge in [0, 0.05) is 58.3 Å². The first-order valence-electron chi connectivity index (χ1n) is 10.2. The highest BCUT2D eigenvalue weighted by molar-refractivity contribution is 5.87. The molecule has 4 rings (SSSR count). The lowest BCUT2D eigenvalue weighted by Gasteiger charge is -2.32. The molecule has 3 aliphatic rings. The zero-order chi connectivity index (χ0) is 18.8. The monoisotopic (exact) mass is 370 g/mol. The topological polar surface area (TPSA) is 55.9 Å². The first-order valence-corrected chi connectivity index (χ1v) is 10.2. The van der Waals surface area contributed by atoms with E-state index in [2.05, 4.69) is 34.5 Å². The lowest BCUT2D eigenvalue weighted by Crippen LogP contribution is -2.53. The summed E-state index contributed by atoms with van der Waals surface area (Å²) in [7, 11) is 0. The fourth-order valence-corrected chi connectivity index (χ4v) is 4.49. The van der Waals surface area contributed by atoms with Gasteiger partial charge in [0.25, 0.3) is 0 Å². The number of benzene rings is 1. The number of hydrogen-bond acceptors (Lipinski definition) is 4. The number of carbonyl (C=O) groups excluding carboxylic acids is 2. The zero-order valence-electron chi connectivity index (χ0n) is 16.1. The van der Waals surface area contributed by atoms with Crippen LogP contribution in [0.15, 0.2) is 30.3 Å². The lowest BCUT2D eigenvalue weighted by atomic mass is 10.1. The highest BCUT2D eigenvalue weighted by atomic mass is 16.2. The summed E-state index contributed by atoms with van der Waals surface area (Å²) in [5.74, 6) is 0.145. The van der Waals surface area contributed by atoms with Crippen LogP contribution in [-0.2, 0) is 16.1 Å². The molecule has 2 saturated heterocycles. The van der Waals surface area contributed by atoms with Gasteiger partial charge in [-0.3, -0.25) is 14.5 Å². The number of nitrogens with one attached hydrogen (secondary N) is 1. The average molecular weight is 370 g/mol. The minimum Gasteiger partial charge on any atom is -0.338 e. The second kappa shape index (κ2) is 7.98. The van der Waals surface area contributed by atoms with Crippen molar-refractivity contribution in [2.45, 2.75) is 50.9 Å². The van der Waals surface area contributed by atoms with Gasteiger partial charge in [-0.15, -0.1) is 0 Å². The van der Waals surface area contributed by atoms with Crippen molar-refractivity contribution in [3.63, 3.8) is 0 Å². The molecule has 2 unspecified atom stereocenters. The third-order valence-electron chi connectivity index (χ3n) is 6.09. The number of amides is 2. The minimum absolute atomic E-state index is 0.0152. The van der Waals surface area contributed by atoms with Gasteiger partial charge in [-0.1, -0.05) is 30.3 Å². The summed E-state index contributed by atoms with van der Waals surface area (Å²) >= 11 is 0. The highest BCUT2D eigenvalue weighted by Crippen LogP contribution is 2.35. The van der Waals surface area contributed by atoms with Crippen molar-refractivity contribution >= 4 is 11.8 Å². The molecule has 0 spiro atoms. The van der Waals surface area contributed by atoms with Crippen LogP contribution in [0.1, 0.15) is 31.7 Å². The van der Waals surface area contributed by atoms with Crippen molar-refractivity contribution in [3.8, 4) is 0 Å². The molecule has 2 atom stereocenters. The van der Waals surface area contributed by atoms with Crippen LogP contribution in [0.4, 0.5) is 0 Å². The molecule has 0 aromatic heterocycles. The Balaban J connectivity index is 1.49. The molecule has 0 bridgehead atoms. The van der Waals surface area contributed by atoms with E-state index in [4.69, 9.17) is 0 Å². The number of piperazine rings is 1. The fourth-order valence-electron chi connectivity index (χ4n) is 4.49. The molecule has 2 amide bonds. The van der Waals surface area contributed by atoms with Crippen LogP contribution < -0.4 is 5.32 Å². The second-order valence-electron chi connectivity index (χ2n) is 8.04. The molecule has 146 valence electrons. The van der Waals surface area contributed by atoms with Crippen molar-refractivity contribution in [1.82, 2.24) is 20.0 Å². The molecule has 1 aromatic carbocycles. The third kappa shape index (κ3) is 4.17. The number of nitrogens with zero attached hydrogens (tertiary/aromatic N) is 3. The third-order valence-corrected chi connectivity index (χ3v) is 6.09. The van der Waals surface area contributed by atoms with Crippen LogP contribution in [0.3, 0.4) is 0 Å². The van der Waals surface area contributed by atoms with Crippen molar-refractivity contribution in [2.75, 3.05) is 32.7 Å². The Labute approximate surface area is 161 Å². The maximum Gasteiger partial charge on any atom is 0.245 e. The summed E-state index contributed by atoms with van der Waals surface area (Å²) in [6.07, 6.45) is 3.20. The summed E-state index contributed by atoms with van der Waals surface area (Å²) in [6.45, 7) is 6.31. The summed E-state index contributed by atoms with van der Waals surface area (Å²) in [5.41, 5.74) is 1.30. The molecule has 1 aromatic rings. The summed E-state index contributed by atoms with van der Waals surface area (Å²) < 4.78 is 0. The summed E-state index contributed by atoms with van der Waals surface area (Å²) in [5, 5.41) is 3.29. The van der Waals surface area contributed by atoms with Crippen molar-refractivity contribution < 1.29 is 9.59 Å². The highest BCUT2D eigenvalue weighted by Gasteiger charge is 2.45. The standard InChI is InChI=1S/C21H30N4O2/c1-16(26)24-15-19(13-20(24)21(27)23-11-9-22-10-12-23)25(18-7-8-18)14-17-5-3-2-4-6-17/h2-6,18-20,22H,7-15H2,1H3. The molecule has 1 aliphatic carbocycles. The van der Waals surface area contributed by atoms with Gasteiger partial charge in [-0.05, 0) is 24.8 Å². The predicted octanol–water partition coefficient (Wildman–Crippen LogP) is 1.07. The van der Waals surface area contributed by atoms with Gasteiger partial charge in [0.1, 0.15) is 6.04 Å². The van der Waals surface area contributed by atoms with Gasteiger partial charge in [0.15, 0.2) is 0 Å². The molecule has 6 heteroatoms.